The van der Waals surface area contributed by atoms with E-state index in [1.807, 2.05) is 30.3 Å². The number of nitrogen functional groups attached to an aromatic ring is 1. The molecule has 3 N–H and O–H groups in total. The Labute approximate surface area is 205 Å². The topological polar surface area (TPSA) is 80.5 Å². The molecule has 2 aliphatic rings. The number of para-hydroxylation sites is 2. The quantitative estimate of drug-likeness (QED) is 0.488. The molecule has 5 rings (SSSR count). The summed E-state index contributed by atoms with van der Waals surface area (Å²) in [5.41, 5.74) is 8.67. The van der Waals surface area contributed by atoms with E-state index in [9.17, 15) is 9.18 Å². The number of aryl methyl sites for hydroxylation is 1. The van der Waals surface area contributed by atoms with Crippen molar-refractivity contribution in [1.82, 2.24) is 4.98 Å². The van der Waals surface area contributed by atoms with Crippen molar-refractivity contribution in [1.29, 1.82) is 0 Å². The Bertz CT molecular complexity index is 1160. The lowest BCUT2D eigenvalue weighted by Gasteiger charge is -2.39. The highest BCUT2D eigenvalue weighted by atomic mass is 19.1. The number of carbonyl (C=O) groups is 1. The second kappa shape index (κ2) is 10.0. The smallest absolute Gasteiger partial charge is 0.257 e. The van der Waals surface area contributed by atoms with Crippen LogP contribution in [0.1, 0.15) is 41.6 Å². The van der Waals surface area contributed by atoms with Crippen LogP contribution in [0.5, 0.6) is 0 Å². The van der Waals surface area contributed by atoms with E-state index in [4.69, 9.17) is 10.5 Å². The number of carbonyl (C=O) groups excluding carboxylic acids is 1. The number of hydrogen-bond donors (Lipinski definition) is 2. The number of nitrogens with zero attached hydrogens (tertiary/aromatic N) is 2. The SMILES string of the molecule is Nc1ccccc1NC(=O)c1ccc(N2CCC3(CC2)CC(CCc2ccc(F)cc2)CO3)nc1. The first-order chi connectivity index (χ1) is 17.0. The van der Waals surface area contributed by atoms with E-state index in [1.54, 1.807) is 24.4 Å². The van der Waals surface area contributed by atoms with Crippen molar-refractivity contribution < 1.29 is 13.9 Å². The monoisotopic (exact) mass is 474 g/mol. The molecule has 0 aliphatic carbocycles. The van der Waals surface area contributed by atoms with Gasteiger partial charge in [-0.05, 0) is 80.0 Å². The van der Waals surface area contributed by atoms with Crippen LogP contribution < -0.4 is 16.0 Å². The molecule has 1 amide bonds. The van der Waals surface area contributed by atoms with E-state index < -0.39 is 0 Å². The van der Waals surface area contributed by atoms with Gasteiger partial charge in [-0.15, -0.1) is 0 Å². The number of aromatic nitrogens is 1. The molecule has 7 heteroatoms. The molecule has 0 radical (unpaired) electrons. The average molecular weight is 475 g/mol. The molecule has 0 bridgehead atoms. The highest BCUT2D eigenvalue weighted by Gasteiger charge is 2.42. The summed E-state index contributed by atoms with van der Waals surface area (Å²) in [6.07, 6.45) is 6.66. The number of rotatable bonds is 6. The molecule has 2 fully saturated rings. The van der Waals surface area contributed by atoms with Crippen LogP contribution in [0.3, 0.4) is 0 Å². The van der Waals surface area contributed by atoms with Gasteiger partial charge in [-0.1, -0.05) is 24.3 Å². The van der Waals surface area contributed by atoms with Crippen LogP contribution in [-0.2, 0) is 11.2 Å². The summed E-state index contributed by atoms with van der Waals surface area (Å²) in [5, 5.41) is 2.83. The van der Waals surface area contributed by atoms with Gasteiger partial charge in [0.2, 0.25) is 0 Å². The molecule has 3 aromatic rings. The Balaban J connectivity index is 1.12. The lowest BCUT2D eigenvalue weighted by Crippen LogP contribution is -2.44. The van der Waals surface area contributed by atoms with E-state index in [0.717, 1.165) is 57.6 Å². The van der Waals surface area contributed by atoms with Gasteiger partial charge in [-0.3, -0.25) is 4.79 Å². The van der Waals surface area contributed by atoms with Gasteiger partial charge in [0.1, 0.15) is 11.6 Å². The van der Waals surface area contributed by atoms with E-state index in [-0.39, 0.29) is 17.3 Å². The van der Waals surface area contributed by atoms with Crippen molar-refractivity contribution in [2.24, 2.45) is 5.92 Å². The zero-order valence-electron chi connectivity index (χ0n) is 19.8. The fourth-order valence-electron chi connectivity index (χ4n) is 5.15. The minimum Gasteiger partial charge on any atom is -0.397 e. The highest BCUT2D eigenvalue weighted by molar-refractivity contribution is 6.05. The number of halogens is 1. The summed E-state index contributed by atoms with van der Waals surface area (Å²) < 4.78 is 19.5. The van der Waals surface area contributed by atoms with Crippen LogP contribution in [0.2, 0.25) is 0 Å². The molecular weight excluding hydrogens is 443 g/mol. The second-order valence-electron chi connectivity index (χ2n) is 9.66. The van der Waals surface area contributed by atoms with E-state index >= 15 is 0 Å². The van der Waals surface area contributed by atoms with Gasteiger partial charge < -0.3 is 20.7 Å². The predicted octanol–water partition coefficient (Wildman–Crippen LogP) is 5.06. The zero-order valence-corrected chi connectivity index (χ0v) is 19.8. The molecule has 35 heavy (non-hydrogen) atoms. The molecule has 2 aromatic carbocycles. The Morgan fingerprint density at radius 3 is 2.60 bits per heavy atom. The Morgan fingerprint density at radius 1 is 1.11 bits per heavy atom. The normalized spacial score (nSPS) is 19.1. The number of nitrogens with one attached hydrogen (secondary N) is 1. The van der Waals surface area contributed by atoms with Gasteiger partial charge in [0, 0.05) is 19.3 Å². The first-order valence-electron chi connectivity index (χ1n) is 12.2. The van der Waals surface area contributed by atoms with Crippen molar-refractivity contribution in [3.8, 4) is 0 Å². The van der Waals surface area contributed by atoms with Crippen LogP contribution in [-0.4, -0.2) is 36.2 Å². The van der Waals surface area contributed by atoms with Gasteiger partial charge in [0.05, 0.1) is 29.1 Å². The molecule has 2 saturated heterocycles. The van der Waals surface area contributed by atoms with Crippen molar-refractivity contribution in [2.75, 3.05) is 35.6 Å². The number of piperidine rings is 1. The van der Waals surface area contributed by atoms with E-state index in [1.165, 1.54) is 17.7 Å². The molecular formula is C28H31FN4O2. The lowest BCUT2D eigenvalue weighted by molar-refractivity contribution is -0.0154. The number of benzene rings is 2. The summed E-state index contributed by atoms with van der Waals surface area (Å²) in [4.78, 5) is 19.4. The zero-order chi connectivity index (χ0) is 24.3. The molecule has 182 valence electrons. The number of anilines is 3. The molecule has 1 aromatic heterocycles. The minimum atomic E-state index is -0.231. The third kappa shape index (κ3) is 5.46. The number of nitrogens with two attached hydrogens (primary N) is 1. The first-order valence-corrected chi connectivity index (χ1v) is 12.2. The molecule has 3 heterocycles. The van der Waals surface area contributed by atoms with Crippen LogP contribution in [0.4, 0.5) is 21.6 Å². The van der Waals surface area contributed by atoms with E-state index in [2.05, 4.69) is 15.2 Å². The third-order valence-corrected chi connectivity index (χ3v) is 7.26. The lowest BCUT2D eigenvalue weighted by atomic mass is 9.83. The fourth-order valence-corrected chi connectivity index (χ4v) is 5.15. The maximum Gasteiger partial charge on any atom is 0.257 e. The van der Waals surface area contributed by atoms with Gasteiger partial charge in [-0.25, -0.2) is 9.37 Å². The van der Waals surface area contributed by atoms with Crippen LogP contribution in [0.25, 0.3) is 0 Å². The molecule has 1 spiro atoms. The number of hydrogen-bond acceptors (Lipinski definition) is 5. The number of pyridine rings is 1. The first kappa shape index (κ1) is 23.3. The van der Waals surface area contributed by atoms with Crippen molar-refractivity contribution in [3.63, 3.8) is 0 Å². The summed E-state index contributed by atoms with van der Waals surface area (Å²) in [7, 11) is 0. The summed E-state index contributed by atoms with van der Waals surface area (Å²) in [6, 6.07) is 17.7. The van der Waals surface area contributed by atoms with E-state index in [0.29, 0.717) is 22.9 Å². The second-order valence-corrected chi connectivity index (χ2v) is 9.66. The van der Waals surface area contributed by atoms with Gasteiger partial charge >= 0.3 is 0 Å². The molecule has 2 aliphatic heterocycles. The number of amides is 1. The number of ether oxygens (including phenoxy) is 1. The largest absolute Gasteiger partial charge is 0.397 e. The van der Waals surface area contributed by atoms with Crippen LogP contribution in [0.15, 0.2) is 66.9 Å². The summed E-state index contributed by atoms with van der Waals surface area (Å²) in [6.45, 7) is 2.56. The van der Waals surface area contributed by atoms with Crippen LogP contribution >= 0.6 is 0 Å². The molecule has 0 saturated carbocycles. The standard InChI is InChI=1S/C28H31FN4O2/c29-23-10-7-20(8-11-23)5-6-21-17-28(35-19-21)13-15-33(16-14-28)26-12-9-22(18-31-26)27(34)32-25-4-2-1-3-24(25)30/h1-4,7-12,18,21H,5-6,13-17,19,30H2,(H,32,34). The van der Waals surface area contributed by atoms with Gasteiger partial charge in [-0.2, -0.15) is 0 Å². The molecule has 6 nitrogen and oxygen atoms in total. The molecule has 1 atom stereocenters. The predicted molar refractivity (Wildman–Crippen MR) is 136 cm³/mol. The Morgan fingerprint density at radius 2 is 1.89 bits per heavy atom. The fraction of sp³-hybridized carbons (Fsp3) is 0.357. The van der Waals surface area contributed by atoms with Crippen molar-refractivity contribution >= 4 is 23.1 Å². The average Bonchev–Trinajstić information content (AvgIpc) is 3.28. The maximum absolute atomic E-state index is 13.1. The van der Waals surface area contributed by atoms with Crippen molar-refractivity contribution in [3.05, 3.63) is 83.8 Å². The Kier molecular flexibility index (Phi) is 6.68. The molecule has 1 unspecified atom stereocenters. The van der Waals surface area contributed by atoms with Gasteiger partial charge in [0.15, 0.2) is 0 Å². The van der Waals surface area contributed by atoms with Gasteiger partial charge in [0.25, 0.3) is 5.91 Å². The summed E-state index contributed by atoms with van der Waals surface area (Å²) >= 11 is 0. The highest BCUT2D eigenvalue weighted by Crippen LogP contribution is 2.40. The third-order valence-electron chi connectivity index (χ3n) is 7.26. The Hall–Kier alpha value is -3.45. The summed E-state index contributed by atoms with van der Waals surface area (Å²) in [5.74, 6) is 1.00. The maximum atomic E-state index is 13.1. The van der Waals surface area contributed by atoms with Crippen molar-refractivity contribution in [2.45, 2.75) is 37.7 Å². The minimum absolute atomic E-state index is 0.0423. The van der Waals surface area contributed by atoms with Crippen LogP contribution in [0, 0.1) is 11.7 Å².